The van der Waals surface area contributed by atoms with Gasteiger partial charge >= 0.3 is 0 Å². The van der Waals surface area contributed by atoms with Crippen molar-refractivity contribution in [2.24, 2.45) is 7.05 Å². The number of alkyl halides is 1. The maximum Gasteiger partial charge on any atom is 0.168 e. The summed E-state index contributed by atoms with van der Waals surface area (Å²) in [6, 6.07) is 0. The number of rotatable bonds is 6. The largest absolute Gasteiger partial charge is 0.378 e. The first-order valence-electron chi connectivity index (χ1n) is 4.96. The van der Waals surface area contributed by atoms with Crippen LogP contribution in [0.2, 0.25) is 0 Å². The molecule has 86 valence electrons. The van der Waals surface area contributed by atoms with Gasteiger partial charge in [-0.25, -0.2) is 4.98 Å². The van der Waals surface area contributed by atoms with Gasteiger partial charge in [-0.1, -0.05) is 11.8 Å². The van der Waals surface area contributed by atoms with Crippen molar-refractivity contribution < 1.29 is 4.74 Å². The van der Waals surface area contributed by atoms with E-state index in [0.29, 0.717) is 12.0 Å². The van der Waals surface area contributed by atoms with Crippen LogP contribution in [0.3, 0.4) is 0 Å². The molecular weight excluding hydrogens is 232 g/mol. The van der Waals surface area contributed by atoms with Gasteiger partial charge < -0.3 is 9.30 Å². The van der Waals surface area contributed by atoms with E-state index in [1.807, 2.05) is 31.7 Å². The molecule has 0 unspecified atom stereocenters. The lowest BCUT2D eigenvalue weighted by Crippen LogP contribution is -2.06. The molecule has 0 radical (unpaired) electrons. The smallest absolute Gasteiger partial charge is 0.168 e. The average molecular weight is 249 g/mol. The fourth-order valence-electron chi connectivity index (χ4n) is 1.10. The lowest BCUT2D eigenvalue weighted by atomic mass is 10.5. The molecule has 0 aliphatic heterocycles. The fourth-order valence-corrected chi connectivity index (χ4v) is 2.15. The topological polar surface area (TPSA) is 27.1 Å². The highest BCUT2D eigenvalue weighted by Crippen LogP contribution is 2.17. The number of nitrogens with zero attached hydrogens (tertiary/aromatic N) is 2. The van der Waals surface area contributed by atoms with E-state index in [-0.39, 0.29) is 0 Å². The van der Waals surface area contributed by atoms with E-state index in [0.717, 1.165) is 23.2 Å². The normalized spacial score (nSPS) is 11.3. The van der Waals surface area contributed by atoms with Crippen LogP contribution < -0.4 is 0 Å². The van der Waals surface area contributed by atoms with Gasteiger partial charge in [0.2, 0.25) is 0 Å². The predicted molar refractivity (Wildman–Crippen MR) is 64.6 cm³/mol. The minimum absolute atomic E-state index is 0.297. The maximum atomic E-state index is 5.75. The van der Waals surface area contributed by atoms with Crippen LogP contribution in [0.4, 0.5) is 0 Å². The molecule has 0 fully saturated rings. The van der Waals surface area contributed by atoms with Crippen LogP contribution in [0.25, 0.3) is 0 Å². The molecule has 0 amide bonds. The molecule has 1 heterocycles. The highest BCUT2D eigenvalue weighted by atomic mass is 35.5. The van der Waals surface area contributed by atoms with Gasteiger partial charge in [0, 0.05) is 12.8 Å². The van der Waals surface area contributed by atoms with Gasteiger partial charge in [-0.15, -0.1) is 11.6 Å². The molecule has 0 saturated heterocycles. The lowest BCUT2D eigenvalue weighted by molar-refractivity contribution is 0.0920. The SMILES string of the molecule is CC(C)OCCSc1ncc(CCl)n1C. The number of thioether (sulfide) groups is 1. The summed E-state index contributed by atoms with van der Waals surface area (Å²) in [5, 5.41) is 0.998. The Morgan fingerprint density at radius 2 is 2.33 bits per heavy atom. The molecule has 0 aliphatic rings. The molecule has 0 bridgehead atoms. The van der Waals surface area contributed by atoms with Crippen molar-refractivity contribution in [2.75, 3.05) is 12.4 Å². The fraction of sp³-hybridized carbons (Fsp3) is 0.700. The van der Waals surface area contributed by atoms with Crippen molar-refractivity contribution >= 4 is 23.4 Å². The van der Waals surface area contributed by atoms with Crippen molar-refractivity contribution in [1.29, 1.82) is 0 Å². The summed E-state index contributed by atoms with van der Waals surface area (Å²) >= 11 is 7.45. The first-order chi connectivity index (χ1) is 7.15. The van der Waals surface area contributed by atoms with Gasteiger partial charge in [-0.05, 0) is 13.8 Å². The van der Waals surface area contributed by atoms with E-state index in [9.17, 15) is 0 Å². The zero-order valence-electron chi connectivity index (χ0n) is 9.36. The van der Waals surface area contributed by atoms with Crippen molar-refractivity contribution in [3.63, 3.8) is 0 Å². The van der Waals surface area contributed by atoms with Gasteiger partial charge in [0.15, 0.2) is 5.16 Å². The summed E-state index contributed by atoms with van der Waals surface area (Å²) in [5.74, 6) is 1.43. The third kappa shape index (κ3) is 4.05. The van der Waals surface area contributed by atoms with E-state index in [2.05, 4.69) is 4.98 Å². The molecule has 1 rings (SSSR count). The summed E-state index contributed by atoms with van der Waals surface area (Å²) in [4.78, 5) is 4.29. The highest BCUT2D eigenvalue weighted by Gasteiger charge is 2.05. The molecule has 0 aromatic carbocycles. The van der Waals surface area contributed by atoms with Crippen LogP contribution in [-0.2, 0) is 17.7 Å². The first-order valence-corrected chi connectivity index (χ1v) is 6.48. The Hall–Kier alpha value is -0.190. The number of halogens is 1. The number of aromatic nitrogens is 2. The summed E-state index contributed by atoms with van der Waals surface area (Å²) in [5.41, 5.74) is 1.05. The molecule has 0 saturated carbocycles. The number of hydrogen-bond acceptors (Lipinski definition) is 3. The summed E-state index contributed by atoms with van der Waals surface area (Å²) in [7, 11) is 1.98. The number of hydrogen-bond donors (Lipinski definition) is 0. The Morgan fingerprint density at radius 1 is 1.60 bits per heavy atom. The Morgan fingerprint density at radius 3 is 2.87 bits per heavy atom. The zero-order chi connectivity index (χ0) is 11.3. The molecule has 5 heteroatoms. The van der Waals surface area contributed by atoms with Crippen LogP contribution in [0, 0.1) is 0 Å². The van der Waals surface area contributed by atoms with Gasteiger partial charge in [0.25, 0.3) is 0 Å². The minimum Gasteiger partial charge on any atom is -0.378 e. The second kappa shape index (κ2) is 6.40. The van der Waals surface area contributed by atoms with Gasteiger partial charge in [-0.3, -0.25) is 0 Å². The minimum atomic E-state index is 0.297. The summed E-state index contributed by atoms with van der Waals surface area (Å²) in [6.45, 7) is 4.83. The predicted octanol–water partition coefficient (Wildman–Crippen LogP) is 2.68. The monoisotopic (exact) mass is 248 g/mol. The number of imidazole rings is 1. The van der Waals surface area contributed by atoms with Crippen LogP contribution >= 0.6 is 23.4 Å². The Kier molecular flexibility index (Phi) is 5.50. The second-order valence-electron chi connectivity index (χ2n) is 3.49. The van der Waals surface area contributed by atoms with Gasteiger partial charge in [0.05, 0.1) is 30.5 Å². The van der Waals surface area contributed by atoms with Crippen molar-refractivity contribution in [1.82, 2.24) is 9.55 Å². The molecule has 0 spiro atoms. The van der Waals surface area contributed by atoms with Crippen LogP contribution in [0.5, 0.6) is 0 Å². The first kappa shape index (κ1) is 12.9. The summed E-state index contributed by atoms with van der Waals surface area (Å²) in [6.07, 6.45) is 2.11. The van der Waals surface area contributed by atoms with Crippen LogP contribution in [-0.4, -0.2) is 28.0 Å². The lowest BCUT2D eigenvalue weighted by Gasteiger charge is -2.07. The number of ether oxygens (including phenoxy) is 1. The highest BCUT2D eigenvalue weighted by molar-refractivity contribution is 7.99. The quantitative estimate of drug-likeness (QED) is 0.440. The third-order valence-electron chi connectivity index (χ3n) is 1.94. The van der Waals surface area contributed by atoms with E-state index >= 15 is 0 Å². The Labute approximate surface area is 100 Å². The molecule has 0 atom stereocenters. The zero-order valence-corrected chi connectivity index (χ0v) is 10.9. The van der Waals surface area contributed by atoms with Crippen LogP contribution in [0.1, 0.15) is 19.5 Å². The van der Waals surface area contributed by atoms with E-state index < -0.39 is 0 Å². The second-order valence-corrected chi connectivity index (χ2v) is 4.82. The molecule has 15 heavy (non-hydrogen) atoms. The van der Waals surface area contributed by atoms with Gasteiger partial charge in [0.1, 0.15) is 0 Å². The average Bonchev–Trinajstić information content (AvgIpc) is 2.54. The van der Waals surface area contributed by atoms with E-state index in [4.69, 9.17) is 16.3 Å². The van der Waals surface area contributed by atoms with E-state index in [1.54, 1.807) is 11.8 Å². The molecule has 1 aromatic rings. The molecule has 0 N–H and O–H groups in total. The van der Waals surface area contributed by atoms with Crippen molar-refractivity contribution in [3.8, 4) is 0 Å². The molecule has 0 aliphatic carbocycles. The standard InChI is InChI=1S/C10H17ClN2OS/c1-8(2)14-4-5-15-10-12-7-9(6-11)13(10)3/h7-8H,4-6H2,1-3H3. The van der Waals surface area contributed by atoms with Crippen molar-refractivity contribution in [3.05, 3.63) is 11.9 Å². The molecule has 3 nitrogen and oxygen atoms in total. The third-order valence-corrected chi connectivity index (χ3v) is 3.23. The van der Waals surface area contributed by atoms with Crippen LogP contribution in [0.15, 0.2) is 11.4 Å². The Balaban J connectivity index is 2.34. The molecular formula is C10H17ClN2OS. The maximum absolute atomic E-state index is 5.75. The Bertz CT molecular complexity index is 302. The molecule has 1 aromatic heterocycles. The van der Waals surface area contributed by atoms with Crippen molar-refractivity contribution in [2.45, 2.75) is 31.0 Å². The van der Waals surface area contributed by atoms with E-state index in [1.165, 1.54) is 0 Å². The summed E-state index contributed by atoms with van der Waals surface area (Å²) < 4.78 is 7.47. The van der Waals surface area contributed by atoms with Gasteiger partial charge in [-0.2, -0.15) is 0 Å².